The second-order valence-electron chi connectivity index (χ2n) is 16.7. The minimum absolute atomic E-state index is 0. The molecule has 6 heterocycles. The van der Waals surface area contributed by atoms with Crippen LogP contribution in [0.25, 0.3) is 0 Å². The molecule has 2 saturated heterocycles. The zero-order chi connectivity index (χ0) is 43.6. The van der Waals surface area contributed by atoms with Crippen molar-refractivity contribution in [2.75, 3.05) is 65.9 Å². The maximum atomic E-state index is 13.1. The third kappa shape index (κ3) is 14.5. The molecule has 4 aromatic rings. The summed E-state index contributed by atoms with van der Waals surface area (Å²) >= 11 is 0. The Morgan fingerprint density at radius 3 is 1.56 bits per heavy atom. The number of amides is 2. The summed E-state index contributed by atoms with van der Waals surface area (Å²) in [4.78, 5) is 36.4. The lowest BCUT2D eigenvalue weighted by atomic mass is 9.80. The van der Waals surface area contributed by atoms with Gasteiger partial charge in [0.25, 0.3) is 0 Å². The molecule has 8 rings (SSSR count). The molecular formula is C47H64BClN8O7. The first-order chi connectivity index (χ1) is 30.9. The Balaban J connectivity index is 0.000000210. The number of carbonyl (C=O) groups is 2. The number of benzene rings is 2. The maximum Gasteiger partial charge on any atom is 0.376 e. The Hall–Kier alpha value is -4.97. The fourth-order valence-electron chi connectivity index (χ4n) is 8.52. The van der Waals surface area contributed by atoms with E-state index in [0.29, 0.717) is 42.2 Å². The molecule has 2 aromatic heterocycles. The monoisotopic (exact) mass is 898 g/mol. The molecule has 344 valence electrons. The molecule has 0 radical (unpaired) electrons. The number of aromatic nitrogens is 2. The molecule has 0 bridgehead atoms. The number of fused-ring (bicyclic) bond motifs is 2. The summed E-state index contributed by atoms with van der Waals surface area (Å²) in [5, 5.41) is 26.3. The first-order valence-corrected chi connectivity index (χ1v) is 22.6. The van der Waals surface area contributed by atoms with E-state index in [9.17, 15) is 14.6 Å². The highest BCUT2D eigenvalue weighted by atomic mass is 35.5. The SMILES string of the molecule is CB(O)N1CCC(CCNC(C(=O)NCCc2ccncc2)c2ccc3c(c2)OCO3)CC1.Cl.O=C(NCCc1ccncc1)C(NCCC1CCNCC1)c1ccc2c(c1)OCO2. The smallest absolute Gasteiger partial charge is 0.376 e. The van der Waals surface area contributed by atoms with Crippen molar-refractivity contribution in [3.63, 3.8) is 0 Å². The lowest BCUT2D eigenvalue weighted by Crippen LogP contribution is -2.43. The number of hydrogen-bond donors (Lipinski definition) is 6. The summed E-state index contributed by atoms with van der Waals surface area (Å²) in [5.41, 5.74) is 4.06. The Bertz CT molecular complexity index is 2030. The fraction of sp³-hybridized carbons (Fsp3) is 0.489. The molecule has 4 aliphatic rings. The van der Waals surface area contributed by atoms with Gasteiger partial charge in [0.1, 0.15) is 12.1 Å². The van der Waals surface area contributed by atoms with E-state index in [-0.39, 0.29) is 44.9 Å². The van der Waals surface area contributed by atoms with Gasteiger partial charge in [-0.25, -0.2) is 0 Å². The minimum Gasteiger partial charge on any atom is -0.454 e. The second kappa shape index (κ2) is 25.5. The first-order valence-electron chi connectivity index (χ1n) is 22.6. The molecule has 2 aromatic carbocycles. The Morgan fingerprint density at radius 1 is 0.672 bits per heavy atom. The van der Waals surface area contributed by atoms with Crippen LogP contribution < -0.4 is 45.5 Å². The summed E-state index contributed by atoms with van der Waals surface area (Å²) in [6, 6.07) is 18.4. The Labute approximate surface area is 383 Å². The molecular weight excluding hydrogens is 835 g/mol. The number of halogens is 1. The van der Waals surface area contributed by atoms with Crippen molar-refractivity contribution >= 4 is 31.3 Å². The molecule has 0 spiro atoms. The fourth-order valence-corrected chi connectivity index (χ4v) is 8.52. The van der Waals surface area contributed by atoms with Crippen LogP contribution in [0, 0.1) is 11.8 Å². The maximum absolute atomic E-state index is 13.1. The van der Waals surface area contributed by atoms with Gasteiger partial charge in [-0.05, 0) is 180 Å². The number of piperidine rings is 2. The van der Waals surface area contributed by atoms with Crippen LogP contribution in [0.5, 0.6) is 23.0 Å². The number of ether oxygens (including phenoxy) is 4. The van der Waals surface area contributed by atoms with Gasteiger partial charge in [-0.15, -0.1) is 12.4 Å². The van der Waals surface area contributed by atoms with E-state index in [1.807, 2.05) is 67.5 Å². The van der Waals surface area contributed by atoms with E-state index >= 15 is 0 Å². The summed E-state index contributed by atoms with van der Waals surface area (Å²) in [5.74, 6) is 4.05. The van der Waals surface area contributed by atoms with Crippen LogP contribution in [0.3, 0.4) is 0 Å². The van der Waals surface area contributed by atoms with Crippen molar-refractivity contribution in [3.05, 3.63) is 108 Å². The molecule has 2 fully saturated rings. The summed E-state index contributed by atoms with van der Waals surface area (Å²) in [6.45, 7) is 8.97. The van der Waals surface area contributed by atoms with E-state index in [2.05, 4.69) is 41.4 Å². The van der Waals surface area contributed by atoms with E-state index in [4.69, 9.17) is 18.9 Å². The van der Waals surface area contributed by atoms with Gasteiger partial charge in [-0.2, -0.15) is 0 Å². The molecule has 0 saturated carbocycles. The minimum atomic E-state index is -0.463. The molecule has 17 heteroatoms. The predicted molar refractivity (Wildman–Crippen MR) is 249 cm³/mol. The standard InChI is InChI=1S/C24H33BN4O4.C23H30N4O3.ClH/c1-25(31)29-14-8-19(9-15-29)6-12-27-23(20-2-3-21-22(16-20)33-17-32-21)24(30)28-13-7-18-4-10-26-11-5-18;28-23(27-14-8-18-5-11-25-12-6-18)22(26-13-7-17-3-9-24-10-4-17)19-1-2-20-21(15-19)30-16-29-20;/h2-5,10-11,16,19,23,27,31H,6-9,12-15,17H2,1H3,(H,28,30);1-2,5-6,11-12,15,17,22,24,26H,3-4,7-10,13-14,16H2,(H,27,28);1H. The number of pyridine rings is 2. The van der Waals surface area contributed by atoms with Crippen LogP contribution in [-0.4, -0.2) is 105 Å². The van der Waals surface area contributed by atoms with Gasteiger partial charge in [0.05, 0.1) is 0 Å². The molecule has 15 nitrogen and oxygen atoms in total. The van der Waals surface area contributed by atoms with Gasteiger partial charge in [0.2, 0.25) is 25.4 Å². The zero-order valence-electron chi connectivity index (χ0n) is 36.8. The number of hydrogen-bond acceptors (Lipinski definition) is 13. The molecule has 2 amide bonds. The van der Waals surface area contributed by atoms with Crippen molar-refractivity contribution in [1.29, 1.82) is 0 Å². The lowest BCUT2D eigenvalue weighted by molar-refractivity contribution is -0.124. The van der Waals surface area contributed by atoms with Gasteiger partial charge in [0.15, 0.2) is 23.0 Å². The number of nitrogens with one attached hydrogen (secondary N) is 5. The van der Waals surface area contributed by atoms with E-state index in [1.165, 1.54) is 12.8 Å². The molecule has 4 aliphatic heterocycles. The van der Waals surface area contributed by atoms with Gasteiger partial charge < -0.3 is 55.4 Å². The predicted octanol–water partition coefficient (Wildman–Crippen LogP) is 4.62. The zero-order valence-corrected chi connectivity index (χ0v) is 37.7. The molecule has 2 unspecified atom stereocenters. The van der Waals surface area contributed by atoms with E-state index in [0.717, 1.165) is 106 Å². The van der Waals surface area contributed by atoms with Gasteiger partial charge in [-0.1, -0.05) is 12.1 Å². The van der Waals surface area contributed by atoms with Gasteiger partial charge in [0, 0.05) is 37.9 Å². The van der Waals surface area contributed by atoms with Crippen LogP contribution in [-0.2, 0) is 22.4 Å². The highest BCUT2D eigenvalue weighted by Gasteiger charge is 2.27. The Kier molecular flexibility index (Phi) is 19.3. The van der Waals surface area contributed by atoms with E-state index in [1.54, 1.807) is 24.8 Å². The molecule has 0 aliphatic carbocycles. The van der Waals surface area contributed by atoms with Gasteiger partial charge in [-0.3, -0.25) is 19.6 Å². The van der Waals surface area contributed by atoms with Crippen molar-refractivity contribution < 1.29 is 33.6 Å². The third-order valence-electron chi connectivity index (χ3n) is 12.3. The second-order valence-corrected chi connectivity index (χ2v) is 16.7. The number of rotatable bonds is 19. The summed E-state index contributed by atoms with van der Waals surface area (Å²) < 4.78 is 21.9. The normalized spacial score (nSPS) is 16.7. The summed E-state index contributed by atoms with van der Waals surface area (Å²) in [6.07, 6.45) is 15.2. The van der Waals surface area contributed by atoms with Crippen LogP contribution in [0.4, 0.5) is 0 Å². The van der Waals surface area contributed by atoms with Crippen molar-refractivity contribution in [3.8, 4) is 23.0 Å². The van der Waals surface area contributed by atoms with Crippen molar-refractivity contribution in [2.24, 2.45) is 11.8 Å². The van der Waals surface area contributed by atoms with E-state index < -0.39 is 12.1 Å². The molecule has 6 N–H and O–H groups in total. The largest absolute Gasteiger partial charge is 0.454 e. The van der Waals surface area contributed by atoms with Crippen LogP contribution in [0.2, 0.25) is 6.82 Å². The highest BCUT2D eigenvalue weighted by Crippen LogP contribution is 2.35. The average molecular weight is 899 g/mol. The highest BCUT2D eigenvalue weighted by molar-refractivity contribution is 6.45. The average Bonchev–Trinajstić information content (AvgIpc) is 4.00. The van der Waals surface area contributed by atoms with Crippen molar-refractivity contribution in [2.45, 2.75) is 70.3 Å². The first kappa shape index (κ1) is 48.5. The Morgan fingerprint density at radius 2 is 1.11 bits per heavy atom. The topological polar surface area (TPSA) is 180 Å². The van der Waals surface area contributed by atoms with Gasteiger partial charge >= 0.3 is 7.05 Å². The summed E-state index contributed by atoms with van der Waals surface area (Å²) in [7, 11) is -0.379. The molecule has 2 atom stereocenters. The molecule has 64 heavy (non-hydrogen) atoms. The van der Waals surface area contributed by atoms with Crippen LogP contribution in [0.15, 0.2) is 85.5 Å². The quantitative estimate of drug-likeness (QED) is 0.0719. The lowest BCUT2D eigenvalue weighted by Gasteiger charge is -2.32. The number of nitrogens with zero attached hydrogens (tertiary/aromatic N) is 3. The number of carbonyl (C=O) groups excluding carboxylic acids is 2. The van der Waals surface area contributed by atoms with Crippen LogP contribution >= 0.6 is 12.4 Å². The third-order valence-corrected chi connectivity index (χ3v) is 12.3. The van der Waals surface area contributed by atoms with Crippen LogP contribution in [0.1, 0.15) is 72.9 Å². The van der Waals surface area contributed by atoms with Crippen molar-refractivity contribution in [1.82, 2.24) is 41.4 Å².